The Kier molecular flexibility index (Phi) is 5.52. The molecule has 0 N–H and O–H groups in total. The summed E-state index contributed by atoms with van der Waals surface area (Å²) in [5.41, 5.74) is 0.841. The molecule has 27 heavy (non-hydrogen) atoms. The van der Waals surface area contributed by atoms with Gasteiger partial charge in [0.05, 0.1) is 21.3 Å². The molecule has 1 saturated heterocycles. The zero-order valence-corrected chi connectivity index (χ0v) is 17.3. The lowest BCUT2D eigenvalue weighted by Crippen LogP contribution is -2.22. The Morgan fingerprint density at radius 1 is 1.19 bits per heavy atom. The second-order valence-electron chi connectivity index (χ2n) is 6.39. The van der Waals surface area contributed by atoms with E-state index in [9.17, 15) is 4.79 Å². The largest absolute Gasteiger partial charge is 0.341 e. The van der Waals surface area contributed by atoms with Crippen molar-refractivity contribution in [2.75, 3.05) is 23.7 Å². The molecule has 4 rings (SSSR count). The fourth-order valence-corrected chi connectivity index (χ4v) is 5.05. The number of rotatable bonds is 6. The van der Waals surface area contributed by atoms with Gasteiger partial charge in [0.2, 0.25) is 5.95 Å². The van der Waals surface area contributed by atoms with Gasteiger partial charge in [-0.2, -0.15) is 0 Å². The maximum Gasteiger partial charge on any atom is 0.232 e. The number of anilines is 1. The van der Waals surface area contributed by atoms with Gasteiger partial charge in [0.15, 0.2) is 10.9 Å². The zero-order valence-electron chi connectivity index (χ0n) is 14.9. The van der Waals surface area contributed by atoms with Crippen LogP contribution in [0.1, 0.15) is 27.4 Å². The van der Waals surface area contributed by atoms with Crippen molar-refractivity contribution in [3.63, 3.8) is 0 Å². The van der Waals surface area contributed by atoms with Crippen LogP contribution in [0.5, 0.6) is 0 Å². The monoisotopic (exact) mass is 418 g/mol. The van der Waals surface area contributed by atoms with Crippen molar-refractivity contribution in [1.29, 1.82) is 0 Å². The third-order valence-electron chi connectivity index (χ3n) is 4.45. The number of aromatic nitrogens is 3. The Hall–Kier alpha value is -1.83. The van der Waals surface area contributed by atoms with Crippen molar-refractivity contribution in [2.45, 2.75) is 24.9 Å². The van der Waals surface area contributed by atoms with E-state index in [1.807, 2.05) is 47.9 Å². The van der Waals surface area contributed by atoms with Crippen molar-refractivity contribution in [1.82, 2.24) is 14.8 Å². The van der Waals surface area contributed by atoms with Crippen LogP contribution >= 0.6 is 34.7 Å². The van der Waals surface area contributed by atoms with Gasteiger partial charge in [-0.15, -0.1) is 21.5 Å². The lowest BCUT2D eigenvalue weighted by molar-refractivity contribution is 0.102. The molecular weight excluding hydrogens is 400 g/mol. The van der Waals surface area contributed by atoms with E-state index in [2.05, 4.69) is 15.1 Å². The van der Waals surface area contributed by atoms with Crippen molar-refractivity contribution >= 4 is 46.4 Å². The van der Waals surface area contributed by atoms with E-state index in [4.69, 9.17) is 11.6 Å². The van der Waals surface area contributed by atoms with Crippen LogP contribution in [0.4, 0.5) is 5.95 Å². The van der Waals surface area contributed by atoms with E-state index in [1.165, 1.54) is 23.1 Å². The van der Waals surface area contributed by atoms with Crippen LogP contribution in [0.15, 0.2) is 41.6 Å². The van der Waals surface area contributed by atoms with Gasteiger partial charge in [-0.25, -0.2) is 0 Å². The summed E-state index contributed by atoms with van der Waals surface area (Å²) in [5.74, 6) is 1.22. The molecule has 140 valence electrons. The quantitative estimate of drug-likeness (QED) is 0.422. The smallest absolute Gasteiger partial charge is 0.232 e. The number of carbonyl (C=O) groups is 1. The van der Waals surface area contributed by atoms with Gasteiger partial charge < -0.3 is 4.90 Å². The van der Waals surface area contributed by atoms with E-state index in [0.29, 0.717) is 15.9 Å². The molecule has 0 bridgehead atoms. The van der Waals surface area contributed by atoms with Crippen LogP contribution < -0.4 is 4.90 Å². The molecule has 0 atom stereocenters. The number of ketones is 1. The third kappa shape index (κ3) is 3.90. The van der Waals surface area contributed by atoms with Crippen molar-refractivity contribution in [3.8, 4) is 5.69 Å². The summed E-state index contributed by atoms with van der Waals surface area (Å²) in [7, 11) is 0. The fourth-order valence-electron chi connectivity index (χ4n) is 3.11. The first-order valence-corrected chi connectivity index (χ1v) is 11.0. The number of thiophene rings is 1. The average Bonchev–Trinajstić information content (AvgIpc) is 3.40. The van der Waals surface area contributed by atoms with Crippen LogP contribution in [0.3, 0.4) is 0 Å². The minimum Gasteiger partial charge on any atom is -0.341 e. The minimum atomic E-state index is 0.106. The Morgan fingerprint density at radius 2 is 1.96 bits per heavy atom. The summed E-state index contributed by atoms with van der Waals surface area (Å²) in [5, 5.41) is 10.1. The highest BCUT2D eigenvalue weighted by Gasteiger charge is 2.24. The lowest BCUT2D eigenvalue weighted by atomic mass is 10.3. The highest BCUT2D eigenvalue weighted by molar-refractivity contribution is 7.99. The average molecular weight is 419 g/mol. The second-order valence-corrected chi connectivity index (χ2v) is 9.02. The number of thioether (sulfide) groups is 1. The minimum absolute atomic E-state index is 0.106. The first-order chi connectivity index (χ1) is 13.1. The number of halogens is 1. The zero-order chi connectivity index (χ0) is 18.8. The fraction of sp³-hybridized carbons (Fsp3) is 0.316. The first kappa shape index (κ1) is 18.5. The molecule has 1 aliphatic rings. The van der Waals surface area contributed by atoms with E-state index >= 15 is 0 Å². The molecule has 0 amide bonds. The number of aryl methyl sites for hydroxylation is 1. The van der Waals surface area contributed by atoms with Crippen LogP contribution in [-0.2, 0) is 0 Å². The molecule has 1 aliphatic heterocycles. The predicted molar refractivity (Wildman–Crippen MR) is 112 cm³/mol. The number of nitrogens with zero attached hydrogens (tertiary/aromatic N) is 4. The number of benzene rings is 1. The molecule has 0 radical (unpaired) electrons. The predicted octanol–water partition coefficient (Wildman–Crippen LogP) is 4.87. The number of carbonyl (C=O) groups excluding carboxylic acids is 1. The Labute approximate surface area is 171 Å². The highest BCUT2D eigenvalue weighted by atomic mass is 35.5. The van der Waals surface area contributed by atoms with E-state index < -0.39 is 0 Å². The lowest BCUT2D eigenvalue weighted by Gasteiger charge is -2.19. The highest BCUT2D eigenvalue weighted by Crippen LogP contribution is 2.32. The molecule has 2 aromatic heterocycles. The van der Waals surface area contributed by atoms with E-state index in [1.54, 1.807) is 0 Å². The molecule has 5 nitrogen and oxygen atoms in total. The Balaban J connectivity index is 1.64. The van der Waals surface area contributed by atoms with Gasteiger partial charge in [-0.05, 0) is 44.0 Å². The Morgan fingerprint density at radius 3 is 2.67 bits per heavy atom. The maximum atomic E-state index is 12.5. The van der Waals surface area contributed by atoms with Crippen molar-refractivity contribution in [2.24, 2.45) is 0 Å². The molecule has 0 unspecified atom stereocenters. The topological polar surface area (TPSA) is 51.0 Å². The van der Waals surface area contributed by atoms with E-state index in [-0.39, 0.29) is 5.78 Å². The van der Waals surface area contributed by atoms with Crippen molar-refractivity contribution < 1.29 is 4.79 Å². The molecule has 3 heterocycles. The SMILES string of the molecule is Cc1ccc(C(=O)CSc2nnc(N3CCCC3)n2-c2ccccc2Cl)s1. The summed E-state index contributed by atoms with van der Waals surface area (Å²) < 4.78 is 1.98. The summed E-state index contributed by atoms with van der Waals surface area (Å²) in [6.45, 7) is 3.92. The van der Waals surface area contributed by atoms with Gasteiger partial charge in [0.1, 0.15) is 0 Å². The first-order valence-electron chi connectivity index (χ1n) is 8.81. The van der Waals surface area contributed by atoms with Gasteiger partial charge in [0, 0.05) is 18.0 Å². The standard InChI is InChI=1S/C19H19ClN4OS2/c1-13-8-9-17(27-13)16(25)12-26-19-22-21-18(23-10-4-5-11-23)24(19)15-7-3-2-6-14(15)20/h2-3,6-9H,4-5,10-12H2,1H3. The molecule has 1 aromatic carbocycles. The summed E-state index contributed by atoms with van der Waals surface area (Å²) >= 11 is 9.39. The van der Waals surface area contributed by atoms with Crippen LogP contribution in [0, 0.1) is 6.92 Å². The summed E-state index contributed by atoms with van der Waals surface area (Å²) in [6, 6.07) is 11.5. The molecule has 0 saturated carbocycles. The van der Waals surface area contributed by atoms with Gasteiger partial charge in [0.25, 0.3) is 0 Å². The maximum absolute atomic E-state index is 12.5. The number of Topliss-reactive ketones (excluding diaryl/α,β-unsaturated/α-hetero) is 1. The third-order valence-corrected chi connectivity index (χ3v) is 6.74. The van der Waals surface area contributed by atoms with Crippen molar-refractivity contribution in [3.05, 3.63) is 51.2 Å². The number of hydrogen-bond acceptors (Lipinski definition) is 6. The molecule has 0 spiro atoms. The molecule has 0 aliphatic carbocycles. The summed E-state index contributed by atoms with van der Waals surface area (Å²) in [6.07, 6.45) is 2.29. The van der Waals surface area contributed by atoms with Gasteiger partial charge in [-0.1, -0.05) is 35.5 Å². The molecule has 3 aromatic rings. The number of para-hydroxylation sites is 1. The normalized spacial score (nSPS) is 14.1. The molecular formula is C19H19ClN4OS2. The van der Waals surface area contributed by atoms with Crippen LogP contribution in [-0.4, -0.2) is 39.4 Å². The Bertz CT molecular complexity index is 962. The summed E-state index contributed by atoms with van der Waals surface area (Å²) in [4.78, 5) is 16.7. The molecule has 1 fully saturated rings. The van der Waals surface area contributed by atoms with Crippen LogP contribution in [0.2, 0.25) is 5.02 Å². The number of hydrogen-bond donors (Lipinski definition) is 0. The van der Waals surface area contributed by atoms with Gasteiger partial charge >= 0.3 is 0 Å². The van der Waals surface area contributed by atoms with Gasteiger partial charge in [-0.3, -0.25) is 9.36 Å². The second kappa shape index (κ2) is 8.04. The van der Waals surface area contributed by atoms with Crippen LogP contribution in [0.25, 0.3) is 5.69 Å². The molecule has 8 heteroatoms. The van der Waals surface area contributed by atoms with E-state index in [0.717, 1.165) is 47.3 Å².